The minimum Gasteiger partial charge on any atom is -0.334 e. The minimum absolute atomic E-state index is 0.0909. The molecule has 0 aromatic rings. The molecule has 2 rings (SSSR count). The third-order valence-electron chi connectivity index (χ3n) is 3.43. The molecule has 1 unspecified atom stereocenters. The maximum Gasteiger partial charge on any atom is 0.317 e. The maximum atomic E-state index is 11.9. The van der Waals surface area contributed by atoms with E-state index in [4.69, 9.17) is 0 Å². The number of amides is 2. The molecule has 6 heteroatoms. The monoisotopic (exact) mass is 260 g/mol. The van der Waals surface area contributed by atoms with Gasteiger partial charge in [0.15, 0.2) is 9.84 Å². The first-order valence-corrected chi connectivity index (χ1v) is 8.15. The van der Waals surface area contributed by atoms with Crippen molar-refractivity contribution in [3.63, 3.8) is 0 Å². The van der Waals surface area contributed by atoms with Gasteiger partial charge in [-0.05, 0) is 32.1 Å². The van der Waals surface area contributed by atoms with E-state index < -0.39 is 9.84 Å². The summed E-state index contributed by atoms with van der Waals surface area (Å²) in [5.74, 6) is 0.371. The quantitative estimate of drug-likeness (QED) is 0.757. The van der Waals surface area contributed by atoms with Crippen LogP contribution in [-0.4, -0.2) is 50.0 Å². The molecule has 0 radical (unpaired) electrons. The lowest BCUT2D eigenvalue weighted by Gasteiger charge is -2.30. The van der Waals surface area contributed by atoms with Crippen LogP contribution in [0.3, 0.4) is 0 Å². The summed E-state index contributed by atoms with van der Waals surface area (Å²) < 4.78 is 22.9. The zero-order chi connectivity index (χ0) is 12.3. The predicted octanol–water partition coefficient (Wildman–Crippen LogP) is 0.759. The highest BCUT2D eigenvalue weighted by Gasteiger charge is 2.27. The molecule has 2 saturated heterocycles. The molecule has 5 nitrogen and oxygen atoms in total. The van der Waals surface area contributed by atoms with E-state index in [9.17, 15) is 13.2 Å². The lowest BCUT2D eigenvalue weighted by atomic mass is 10.1. The molecule has 0 aliphatic carbocycles. The number of nitrogens with one attached hydrogen (secondary N) is 1. The van der Waals surface area contributed by atoms with Crippen LogP contribution in [0.15, 0.2) is 0 Å². The van der Waals surface area contributed by atoms with Crippen molar-refractivity contribution in [2.45, 2.75) is 38.1 Å². The second-order valence-electron chi connectivity index (χ2n) is 4.95. The number of hydrogen-bond acceptors (Lipinski definition) is 3. The SMILES string of the molecule is O=C(NC1CCCS(=O)(=O)C1)N1CCCCC1. The summed E-state index contributed by atoms with van der Waals surface area (Å²) in [6.45, 7) is 1.59. The molecule has 0 bridgehead atoms. The zero-order valence-corrected chi connectivity index (χ0v) is 10.8. The van der Waals surface area contributed by atoms with E-state index in [-0.39, 0.29) is 23.6 Å². The van der Waals surface area contributed by atoms with Crippen molar-refractivity contribution in [2.75, 3.05) is 24.6 Å². The summed E-state index contributed by atoms with van der Waals surface area (Å²) >= 11 is 0. The number of hydrogen-bond donors (Lipinski definition) is 1. The fourth-order valence-electron chi connectivity index (χ4n) is 2.50. The van der Waals surface area contributed by atoms with Crippen LogP contribution in [0, 0.1) is 0 Å². The summed E-state index contributed by atoms with van der Waals surface area (Å²) in [6, 6.07) is -0.282. The highest BCUT2D eigenvalue weighted by Crippen LogP contribution is 2.13. The van der Waals surface area contributed by atoms with E-state index in [2.05, 4.69) is 5.32 Å². The molecule has 0 spiro atoms. The van der Waals surface area contributed by atoms with Gasteiger partial charge in [-0.15, -0.1) is 0 Å². The smallest absolute Gasteiger partial charge is 0.317 e. The van der Waals surface area contributed by atoms with E-state index in [0.29, 0.717) is 6.42 Å². The molecule has 2 aliphatic heterocycles. The molecule has 2 aliphatic rings. The van der Waals surface area contributed by atoms with Gasteiger partial charge in [-0.25, -0.2) is 13.2 Å². The lowest BCUT2D eigenvalue weighted by molar-refractivity contribution is 0.182. The molecule has 2 heterocycles. The van der Waals surface area contributed by atoms with Crippen molar-refractivity contribution in [3.05, 3.63) is 0 Å². The standard InChI is InChI=1S/C11H20N2O3S/c14-11(13-6-2-1-3-7-13)12-10-5-4-8-17(15,16)9-10/h10H,1-9H2,(H,12,14). The van der Waals surface area contributed by atoms with Gasteiger partial charge in [0.1, 0.15) is 0 Å². The minimum atomic E-state index is -2.94. The average Bonchev–Trinajstić information content (AvgIpc) is 2.29. The molecular weight excluding hydrogens is 240 g/mol. The van der Waals surface area contributed by atoms with Crippen molar-refractivity contribution in [2.24, 2.45) is 0 Å². The maximum absolute atomic E-state index is 11.9. The number of piperidine rings is 1. The third kappa shape index (κ3) is 3.59. The van der Waals surface area contributed by atoms with E-state index in [1.54, 1.807) is 4.90 Å². The summed E-state index contributed by atoms with van der Waals surface area (Å²) in [5.41, 5.74) is 0. The van der Waals surface area contributed by atoms with Crippen molar-refractivity contribution in [3.8, 4) is 0 Å². The Balaban J connectivity index is 1.85. The van der Waals surface area contributed by atoms with Gasteiger partial charge in [-0.3, -0.25) is 0 Å². The van der Waals surface area contributed by atoms with Gasteiger partial charge in [-0.2, -0.15) is 0 Å². The van der Waals surface area contributed by atoms with Gasteiger partial charge >= 0.3 is 6.03 Å². The first kappa shape index (κ1) is 12.7. The summed E-state index contributed by atoms with van der Waals surface area (Å²) in [4.78, 5) is 13.7. The topological polar surface area (TPSA) is 66.5 Å². The molecule has 1 atom stereocenters. The second-order valence-corrected chi connectivity index (χ2v) is 7.18. The van der Waals surface area contributed by atoms with E-state index in [1.807, 2.05) is 0 Å². The van der Waals surface area contributed by atoms with Gasteiger partial charge in [0.05, 0.1) is 11.5 Å². The first-order chi connectivity index (χ1) is 8.07. The number of urea groups is 1. The van der Waals surface area contributed by atoms with E-state index in [1.165, 1.54) is 6.42 Å². The highest BCUT2D eigenvalue weighted by molar-refractivity contribution is 7.91. The van der Waals surface area contributed by atoms with Crippen molar-refractivity contribution >= 4 is 15.9 Å². The van der Waals surface area contributed by atoms with Crippen molar-refractivity contribution in [1.82, 2.24) is 10.2 Å². The van der Waals surface area contributed by atoms with Crippen LogP contribution in [0.2, 0.25) is 0 Å². The Morgan fingerprint density at radius 1 is 1.12 bits per heavy atom. The van der Waals surface area contributed by atoms with Crippen LogP contribution in [0.5, 0.6) is 0 Å². The number of carbonyl (C=O) groups excluding carboxylic acids is 1. The van der Waals surface area contributed by atoms with Gasteiger partial charge < -0.3 is 10.2 Å². The molecule has 17 heavy (non-hydrogen) atoms. The third-order valence-corrected chi connectivity index (χ3v) is 5.25. The number of rotatable bonds is 1. The zero-order valence-electron chi connectivity index (χ0n) is 10.0. The predicted molar refractivity (Wildman–Crippen MR) is 65.6 cm³/mol. The summed E-state index contributed by atoms with van der Waals surface area (Å²) in [5, 5.41) is 2.85. The number of nitrogens with zero attached hydrogens (tertiary/aromatic N) is 1. The Kier molecular flexibility index (Phi) is 3.91. The number of sulfone groups is 1. The van der Waals surface area contributed by atoms with Crippen LogP contribution in [0.25, 0.3) is 0 Å². The largest absolute Gasteiger partial charge is 0.334 e. The van der Waals surface area contributed by atoms with Crippen molar-refractivity contribution in [1.29, 1.82) is 0 Å². The fourth-order valence-corrected chi connectivity index (χ4v) is 4.14. The Hall–Kier alpha value is -0.780. The molecule has 2 amide bonds. The normalized spacial score (nSPS) is 28.7. The highest BCUT2D eigenvalue weighted by atomic mass is 32.2. The van der Waals surface area contributed by atoms with Crippen LogP contribution >= 0.6 is 0 Å². The molecule has 1 N–H and O–H groups in total. The van der Waals surface area contributed by atoms with Crippen molar-refractivity contribution < 1.29 is 13.2 Å². The van der Waals surface area contributed by atoms with E-state index >= 15 is 0 Å². The van der Waals surface area contributed by atoms with Crippen LogP contribution < -0.4 is 5.32 Å². The molecular formula is C11H20N2O3S. The van der Waals surface area contributed by atoms with Gasteiger partial charge in [0, 0.05) is 19.1 Å². The Labute approximate surface area is 102 Å². The summed E-state index contributed by atoms with van der Waals surface area (Å²) in [6.07, 6.45) is 4.72. The molecule has 0 aromatic carbocycles. The van der Waals surface area contributed by atoms with Crippen LogP contribution in [0.1, 0.15) is 32.1 Å². The summed E-state index contributed by atoms with van der Waals surface area (Å²) in [7, 11) is -2.94. The average molecular weight is 260 g/mol. The molecule has 0 saturated carbocycles. The molecule has 0 aromatic heterocycles. The van der Waals surface area contributed by atoms with Gasteiger partial charge in [0.2, 0.25) is 0 Å². The Morgan fingerprint density at radius 3 is 2.47 bits per heavy atom. The Morgan fingerprint density at radius 2 is 1.82 bits per heavy atom. The van der Waals surface area contributed by atoms with Crippen LogP contribution in [0.4, 0.5) is 4.79 Å². The number of likely N-dealkylation sites (tertiary alicyclic amines) is 1. The Bertz CT molecular complexity index is 374. The van der Waals surface area contributed by atoms with Crippen LogP contribution in [-0.2, 0) is 9.84 Å². The fraction of sp³-hybridized carbons (Fsp3) is 0.909. The second kappa shape index (κ2) is 5.25. The molecule has 2 fully saturated rings. The van der Waals surface area contributed by atoms with Gasteiger partial charge in [0.25, 0.3) is 0 Å². The van der Waals surface area contributed by atoms with Gasteiger partial charge in [-0.1, -0.05) is 0 Å². The lowest BCUT2D eigenvalue weighted by Crippen LogP contribution is -2.50. The first-order valence-electron chi connectivity index (χ1n) is 6.33. The molecule has 98 valence electrons. The van der Waals surface area contributed by atoms with E-state index in [0.717, 1.165) is 32.4 Å². The number of carbonyl (C=O) groups is 1.